The maximum atomic E-state index is 13.8. The van der Waals surface area contributed by atoms with Crippen molar-refractivity contribution in [1.82, 2.24) is 0 Å². The van der Waals surface area contributed by atoms with Crippen molar-refractivity contribution in [3.05, 3.63) is 45.2 Å². The van der Waals surface area contributed by atoms with Gasteiger partial charge in [-0.1, -0.05) is 25.9 Å². The van der Waals surface area contributed by atoms with E-state index in [0.717, 1.165) is 12.8 Å². The van der Waals surface area contributed by atoms with Crippen molar-refractivity contribution < 1.29 is 39.6 Å². The fourth-order valence-corrected chi connectivity index (χ4v) is 6.25. The summed E-state index contributed by atoms with van der Waals surface area (Å²) in [5.41, 5.74) is 4.12. The summed E-state index contributed by atoms with van der Waals surface area (Å²) in [6.07, 6.45) is 2.06. The van der Waals surface area contributed by atoms with E-state index in [1.165, 1.54) is 7.11 Å². The first-order valence-corrected chi connectivity index (χ1v) is 13.1. The zero-order valence-corrected chi connectivity index (χ0v) is 22.9. The molecule has 3 aliphatic rings. The Morgan fingerprint density at radius 2 is 1.87 bits per heavy atom. The summed E-state index contributed by atoms with van der Waals surface area (Å²) in [7, 11) is 1.41. The van der Waals surface area contributed by atoms with E-state index in [1.807, 2.05) is 6.07 Å². The number of carbonyl (C=O) groups is 3. The van der Waals surface area contributed by atoms with Gasteiger partial charge in [0.1, 0.15) is 30.0 Å². The van der Waals surface area contributed by atoms with Gasteiger partial charge in [0.05, 0.1) is 11.3 Å². The van der Waals surface area contributed by atoms with Crippen molar-refractivity contribution in [2.45, 2.75) is 71.8 Å². The topological polar surface area (TPSA) is 180 Å². The Balaban J connectivity index is 1.90. The van der Waals surface area contributed by atoms with Crippen LogP contribution in [-0.4, -0.2) is 56.3 Å². The van der Waals surface area contributed by atoms with Gasteiger partial charge < -0.3 is 31.0 Å². The summed E-state index contributed by atoms with van der Waals surface area (Å²) in [6.45, 7) is 8.10. The number of phenols is 1. The zero-order chi connectivity index (χ0) is 29.0. The molecule has 39 heavy (non-hydrogen) atoms. The number of phenolic OH excluding ortho intramolecular Hbond substituents is 1. The van der Waals surface area contributed by atoms with Crippen molar-refractivity contribution in [2.75, 3.05) is 7.11 Å². The molecule has 10 nitrogen and oxygen atoms in total. The van der Waals surface area contributed by atoms with Crippen LogP contribution in [-0.2, 0) is 32.1 Å². The number of hydrogen-bond donors (Lipinski definition) is 5. The van der Waals surface area contributed by atoms with Crippen LogP contribution in [0.25, 0.3) is 5.76 Å². The van der Waals surface area contributed by atoms with Crippen molar-refractivity contribution in [3.8, 4) is 5.75 Å². The van der Waals surface area contributed by atoms with Gasteiger partial charge in [-0.15, -0.1) is 0 Å². The maximum Gasteiger partial charge on any atom is 0.255 e. The predicted molar refractivity (Wildman–Crippen MR) is 143 cm³/mol. The van der Waals surface area contributed by atoms with Crippen LogP contribution in [0.4, 0.5) is 0 Å². The van der Waals surface area contributed by atoms with Gasteiger partial charge in [0.2, 0.25) is 5.78 Å². The Labute approximate surface area is 226 Å². The molecule has 1 fully saturated rings. The molecule has 0 aromatic heterocycles. The number of carbonyl (C=O) groups excluding carboxylic acids is 3. The van der Waals surface area contributed by atoms with E-state index in [2.05, 4.69) is 25.9 Å². The normalized spacial score (nSPS) is 25.3. The third-order valence-electron chi connectivity index (χ3n) is 8.13. The fraction of sp³-hybridized carbons (Fsp3) is 0.517. The average molecular weight is 541 g/mol. The lowest BCUT2D eigenvalue weighted by Crippen LogP contribution is -2.58. The van der Waals surface area contributed by atoms with Crippen molar-refractivity contribution in [3.63, 3.8) is 0 Å². The first-order valence-electron chi connectivity index (χ1n) is 13.1. The number of rotatable bonds is 6. The number of benzene rings is 1. The number of nitrogens with zero attached hydrogens (tertiary/aromatic N) is 1. The van der Waals surface area contributed by atoms with Crippen LogP contribution in [0.2, 0.25) is 0 Å². The molecule has 0 spiro atoms. The van der Waals surface area contributed by atoms with Crippen LogP contribution in [0.5, 0.6) is 5.75 Å². The summed E-state index contributed by atoms with van der Waals surface area (Å²) < 4.78 is 0. The molecule has 0 saturated heterocycles. The lowest BCUT2D eigenvalue weighted by Gasteiger charge is -2.46. The van der Waals surface area contributed by atoms with E-state index >= 15 is 0 Å². The molecule has 210 valence electrons. The molecule has 10 heteroatoms. The second-order valence-corrected chi connectivity index (χ2v) is 12.0. The molecule has 0 radical (unpaired) electrons. The highest BCUT2D eigenvalue weighted by Crippen LogP contribution is 2.52. The molecule has 3 atom stereocenters. The molecule has 4 rings (SSSR count). The zero-order valence-electron chi connectivity index (χ0n) is 22.9. The number of nitrogens with two attached hydrogens (primary N) is 1. The van der Waals surface area contributed by atoms with E-state index in [1.54, 1.807) is 6.92 Å². The highest BCUT2D eigenvalue weighted by Gasteiger charge is 2.60. The highest BCUT2D eigenvalue weighted by molar-refractivity contribution is 6.22. The lowest BCUT2D eigenvalue weighted by molar-refractivity contribution is -0.147. The summed E-state index contributed by atoms with van der Waals surface area (Å²) in [5.74, 6) is -6.43. The molecular weight excluding hydrogens is 504 g/mol. The second kappa shape index (κ2) is 9.82. The van der Waals surface area contributed by atoms with E-state index in [9.17, 15) is 34.8 Å². The van der Waals surface area contributed by atoms with Gasteiger partial charge >= 0.3 is 0 Å². The molecule has 6 N–H and O–H groups in total. The smallest absolute Gasteiger partial charge is 0.255 e. The maximum absolute atomic E-state index is 13.8. The van der Waals surface area contributed by atoms with Gasteiger partial charge in [-0.25, -0.2) is 0 Å². The van der Waals surface area contributed by atoms with Crippen LogP contribution in [0.1, 0.15) is 75.6 Å². The van der Waals surface area contributed by atoms with Crippen LogP contribution in [0, 0.1) is 17.3 Å². The Bertz CT molecular complexity index is 1360. The Kier molecular flexibility index (Phi) is 7.14. The first kappa shape index (κ1) is 28.4. The van der Waals surface area contributed by atoms with Crippen LogP contribution in [0.3, 0.4) is 0 Å². The van der Waals surface area contributed by atoms with Crippen LogP contribution >= 0.6 is 0 Å². The van der Waals surface area contributed by atoms with E-state index < -0.39 is 52.0 Å². The van der Waals surface area contributed by atoms with Gasteiger partial charge in [0.25, 0.3) is 5.91 Å². The van der Waals surface area contributed by atoms with Crippen molar-refractivity contribution >= 4 is 28.9 Å². The lowest BCUT2D eigenvalue weighted by atomic mass is 9.59. The minimum absolute atomic E-state index is 0.0658. The van der Waals surface area contributed by atoms with Gasteiger partial charge in [0.15, 0.2) is 11.4 Å². The quantitative estimate of drug-likeness (QED) is 0.207. The minimum Gasteiger partial charge on any atom is -0.508 e. The van der Waals surface area contributed by atoms with E-state index in [4.69, 9.17) is 10.6 Å². The molecule has 1 saturated carbocycles. The number of aromatic hydroxyl groups is 1. The number of primary amides is 1. The number of oxime groups is 1. The third kappa shape index (κ3) is 4.60. The summed E-state index contributed by atoms with van der Waals surface area (Å²) in [5, 5.41) is 49.1. The number of fused-ring (bicyclic) bond motifs is 3. The molecular formula is C29H36N2O8. The van der Waals surface area contributed by atoms with Gasteiger partial charge in [0, 0.05) is 23.5 Å². The predicted octanol–water partition coefficient (Wildman–Crippen LogP) is 3.16. The monoisotopic (exact) mass is 540 g/mol. The van der Waals surface area contributed by atoms with Crippen molar-refractivity contribution in [2.24, 2.45) is 28.1 Å². The largest absolute Gasteiger partial charge is 0.508 e. The number of aliphatic hydroxyl groups excluding tert-OH is 2. The van der Waals surface area contributed by atoms with E-state index in [-0.39, 0.29) is 41.6 Å². The van der Waals surface area contributed by atoms with Crippen molar-refractivity contribution in [1.29, 1.82) is 0 Å². The van der Waals surface area contributed by atoms with Crippen LogP contribution in [0.15, 0.2) is 28.1 Å². The number of hydrogen-bond acceptors (Lipinski definition) is 9. The minimum atomic E-state index is -2.59. The Morgan fingerprint density at radius 1 is 1.21 bits per heavy atom. The molecule has 0 unspecified atom stereocenters. The number of aliphatic hydroxyl groups is 3. The Morgan fingerprint density at radius 3 is 2.46 bits per heavy atom. The summed E-state index contributed by atoms with van der Waals surface area (Å²) in [4.78, 5) is 43.2. The number of amides is 1. The molecule has 0 bridgehead atoms. The number of aryl methyl sites for hydroxylation is 1. The molecule has 0 heterocycles. The highest BCUT2D eigenvalue weighted by atomic mass is 16.6. The second-order valence-electron chi connectivity index (χ2n) is 12.0. The number of ketones is 2. The molecule has 0 aliphatic heterocycles. The van der Waals surface area contributed by atoms with E-state index in [0.29, 0.717) is 28.8 Å². The number of Topliss-reactive ketones (excluding diaryl/α,β-unsaturated/α-hetero) is 2. The molecule has 1 aromatic rings. The Hall–Kier alpha value is -3.66. The fourth-order valence-electron chi connectivity index (χ4n) is 6.25. The van der Waals surface area contributed by atoms with Gasteiger partial charge in [-0.3, -0.25) is 14.4 Å². The summed E-state index contributed by atoms with van der Waals surface area (Å²) in [6, 6.07) is 1.83. The standard InChI is InChI=1S/C29H36N2O8/c1-13(31-39-5)17-10-14(7-6-8-28(2,3)4)23(33)21-18(17)11-15-9-16-12-19(32)22(27(30)37)26(36)29(16,38)25(35)20(15)24(21)34/h10,15-16,33-34,36,38H,6-9,11-12H2,1-5H3,(H2,30,37)/b31-13+/t15-,16+,29+/m1/s1. The molecule has 1 aromatic carbocycles. The summed E-state index contributed by atoms with van der Waals surface area (Å²) >= 11 is 0. The SMILES string of the molecule is CO/N=C(\C)c1cc(CCCC(C)(C)C)c(O)c2c1C[C@H]1C[C@H]3CC(=O)C(C(N)=O)=C(O)[C@@]3(O)C(=O)C1=C2O. The average Bonchev–Trinajstić information content (AvgIpc) is 2.81. The van der Waals surface area contributed by atoms with Gasteiger partial charge in [-0.2, -0.15) is 0 Å². The van der Waals surface area contributed by atoms with Gasteiger partial charge in [-0.05, 0) is 67.6 Å². The molecule has 3 aliphatic carbocycles. The van der Waals surface area contributed by atoms with Crippen LogP contribution < -0.4 is 5.73 Å². The molecule has 1 amide bonds. The third-order valence-corrected chi connectivity index (χ3v) is 8.13. The first-order chi connectivity index (χ1) is 18.1.